The highest BCUT2D eigenvalue weighted by atomic mass is 14.1. The molecule has 0 spiro atoms. The molecule has 98 valence electrons. The van der Waals surface area contributed by atoms with Crippen LogP contribution in [0.1, 0.15) is 65.5 Å². The molecule has 0 fully saturated rings. The quantitative estimate of drug-likeness (QED) is 0.579. The van der Waals surface area contributed by atoms with Crippen LogP contribution >= 0.6 is 0 Å². The molecule has 0 aliphatic carbocycles. The van der Waals surface area contributed by atoms with Gasteiger partial charge >= 0.3 is 0 Å². The van der Waals surface area contributed by atoms with E-state index in [0.29, 0.717) is 0 Å². The Morgan fingerprint density at radius 3 is 2.00 bits per heavy atom. The van der Waals surface area contributed by atoms with Crippen LogP contribution in [0.2, 0.25) is 0 Å². The number of hydrogen-bond acceptors (Lipinski definition) is 0. The predicted molar refractivity (Wildman–Crippen MR) is 82.4 cm³/mol. The largest absolute Gasteiger partial charge is 0.0838 e. The first kappa shape index (κ1) is 18.3. The maximum atomic E-state index is 2.23. The lowest BCUT2D eigenvalue weighted by Crippen LogP contribution is -1.87. The van der Waals surface area contributed by atoms with E-state index in [4.69, 9.17) is 0 Å². The van der Waals surface area contributed by atoms with Gasteiger partial charge in [-0.3, -0.25) is 0 Å². The minimum atomic E-state index is 1.18. The molecular formula is C17H30. The van der Waals surface area contributed by atoms with Crippen LogP contribution in [-0.2, 0) is 0 Å². The van der Waals surface area contributed by atoms with Gasteiger partial charge in [0.15, 0.2) is 0 Å². The molecule has 0 amide bonds. The molecule has 0 aromatic heterocycles. The normalized spacial score (nSPS) is 9.71. The fraction of sp³-hybridized carbons (Fsp3) is 0.529. The molecule has 0 aliphatic heterocycles. The maximum absolute atomic E-state index is 2.23. The molecule has 0 saturated heterocycles. The molecule has 0 unspecified atom stereocenters. The molecule has 1 aromatic carbocycles. The standard InChI is InChI=1S/C13H18.2C2H6/c1-4-8-12(5-2)13-10-7-6-9-11(13)3;2*1-2/h5-7,9-10H,4,8H2,1-3H3;2*1-2H3/b12-5-;;. The van der Waals surface area contributed by atoms with Crippen LogP contribution in [0, 0.1) is 6.92 Å². The molecule has 0 heterocycles. The zero-order valence-electron chi connectivity index (χ0n) is 12.8. The molecule has 17 heavy (non-hydrogen) atoms. The lowest BCUT2D eigenvalue weighted by Gasteiger charge is -2.08. The molecule has 0 saturated carbocycles. The number of rotatable bonds is 3. The summed E-state index contributed by atoms with van der Waals surface area (Å²) < 4.78 is 0. The van der Waals surface area contributed by atoms with Gasteiger partial charge in [-0.05, 0) is 37.0 Å². The lowest BCUT2D eigenvalue weighted by molar-refractivity contribution is 0.970. The molecular weight excluding hydrogens is 204 g/mol. The van der Waals surface area contributed by atoms with E-state index < -0.39 is 0 Å². The number of hydrogen-bond donors (Lipinski definition) is 0. The van der Waals surface area contributed by atoms with Crippen molar-refractivity contribution in [1.82, 2.24) is 0 Å². The summed E-state index contributed by atoms with van der Waals surface area (Å²) in [6.45, 7) is 14.5. The molecule has 0 heteroatoms. The first-order valence-electron chi connectivity index (χ1n) is 7.00. The van der Waals surface area contributed by atoms with Crippen LogP contribution in [0.5, 0.6) is 0 Å². The van der Waals surface area contributed by atoms with E-state index in [1.807, 2.05) is 27.7 Å². The van der Waals surface area contributed by atoms with Gasteiger partial charge in [-0.25, -0.2) is 0 Å². The molecule has 0 aliphatic rings. The third-order valence-electron chi connectivity index (χ3n) is 2.36. The van der Waals surface area contributed by atoms with E-state index in [2.05, 4.69) is 51.1 Å². The zero-order valence-corrected chi connectivity index (χ0v) is 12.8. The summed E-state index contributed by atoms with van der Waals surface area (Å²) in [6.07, 6.45) is 4.63. The van der Waals surface area contributed by atoms with Gasteiger partial charge in [-0.15, -0.1) is 0 Å². The molecule has 0 nitrogen and oxygen atoms in total. The summed E-state index contributed by atoms with van der Waals surface area (Å²) in [7, 11) is 0. The number of benzene rings is 1. The van der Waals surface area contributed by atoms with Gasteiger partial charge in [0.05, 0.1) is 0 Å². The summed E-state index contributed by atoms with van der Waals surface area (Å²) in [6, 6.07) is 8.59. The molecule has 0 atom stereocenters. The van der Waals surface area contributed by atoms with Crippen LogP contribution < -0.4 is 0 Å². The highest BCUT2D eigenvalue weighted by Gasteiger charge is 2.01. The third-order valence-corrected chi connectivity index (χ3v) is 2.36. The summed E-state index contributed by atoms with van der Waals surface area (Å²) in [5, 5.41) is 0. The number of allylic oxidation sites excluding steroid dienone is 2. The van der Waals surface area contributed by atoms with Crippen molar-refractivity contribution in [2.45, 2.75) is 61.3 Å². The van der Waals surface area contributed by atoms with Crippen molar-refractivity contribution in [3.05, 3.63) is 41.5 Å². The van der Waals surface area contributed by atoms with Crippen molar-refractivity contribution < 1.29 is 0 Å². The zero-order chi connectivity index (χ0) is 13.7. The molecule has 1 aromatic rings. The maximum Gasteiger partial charge on any atom is -0.0199 e. The summed E-state index contributed by atoms with van der Waals surface area (Å²) >= 11 is 0. The highest BCUT2D eigenvalue weighted by molar-refractivity contribution is 5.67. The molecule has 0 N–H and O–H groups in total. The molecule has 1 rings (SSSR count). The Hall–Kier alpha value is -1.04. The van der Waals surface area contributed by atoms with E-state index in [0.717, 1.165) is 0 Å². The Balaban J connectivity index is 0. The van der Waals surface area contributed by atoms with Gasteiger partial charge in [0.1, 0.15) is 0 Å². The van der Waals surface area contributed by atoms with Gasteiger partial charge in [0.25, 0.3) is 0 Å². The first-order chi connectivity index (χ1) is 8.29. The third kappa shape index (κ3) is 6.99. The predicted octanol–water partition coefficient (Wildman–Crippen LogP) is 6.25. The van der Waals surface area contributed by atoms with Gasteiger partial charge in [0.2, 0.25) is 0 Å². The SMILES string of the molecule is C/C=C(/CCC)c1ccccc1C.CC.CC. The van der Waals surface area contributed by atoms with Crippen LogP contribution in [0.25, 0.3) is 5.57 Å². The van der Waals surface area contributed by atoms with Crippen LogP contribution in [0.15, 0.2) is 30.3 Å². The van der Waals surface area contributed by atoms with Crippen molar-refractivity contribution in [3.8, 4) is 0 Å². The van der Waals surface area contributed by atoms with Gasteiger partial charge < -0.3 is 0 Å². The Kier molecular flexibility index (Phi) is 14.0. The van der Waals surface area contributed by atoms with E-state index in [-0.39, 0.29) is 0 Å². The van der Waals surface area contributed by atoms with E-state index in [1.54, 1.807) is 0 Å². The second kappa shape index (κ2) is 13.0. The summed E-state index contributed by atoms with van der Waals surface area (Å²) in [4.78, 5) is 0. The van der Waals surface area contributed by atoms with Crippen molar-refractivity contribution in [1.29, 1.82) is 0 Å². The number of aryl methyl sites for hydroxylation is 1. The second-order valence-electron chi connectivity index (χ2n) is 3.38. The molecule has 0 radical (unpaired) electrons. The van der Waals surface area contributed by atoms with Crippen LogP contribution in [0.3, 0.4) is 0 Å². The lowest BCUT2D eigenvalue weighted by atomic mass is 9.97. The summed E-state index contributed by atoms with van der Waals surface area (Å²) in [5.74, 6) is 0. The minimum Gasteiger partial charge on any atom is -0.0838 e. The fourth-order valence-corrected chi connectivity index (χ4v) is 1.64. The Morgan fingerprint density at radius 2 is 1.59 bits per heavy atom. The highest BCUT2D eigenvalue weighted by Crippen LogP contribution is 2.22. The van der Waals surface area contributed by atoms with Crippen LogP contribution in [-0.4, -0.2) is 0 Å². The first-order valence-corrected chi connectivity index (χ1v) is 7.00. The van der Waals surface area contributed by atoms with E-state index >= 15 is 0 Å². The van der Waals surface area contributed by atoms with E-state index in [9.17, 15) is 0 Å². The van der Waals surface area contributed by atoms with Crippen LogP contribution in [0.4, 0.5) is 0 Å². The Labute approximate surface area is 109 Å². The van der Waals surface area contributed by atoms with Crippen molar-refractivity contribution in [2.24, 2.45) is 0 Å². The Bertz CT molecular complexity index is 295. The Morgan fingerprint density at radius 1 is 1.06 bits per heavy atom. The smallest absolute Gasteiger partial charge is 0.0199 e. The molecule has 0 bridgehead atoms. The van der Waals surface area contributed by atoms with Gasteiger partial charge in [-0.2, -0.15) is 0 Å². The average Bonchev–Trinajstić information content (AvgIpc) is 2.42. The van der Waals surface area contributed by atoms with Gasteiger partial charge in [-0.1, -0.05) is 71.4 Å². The van der Waals surface area contributed by atoms with Crippen molar-refractivity contribution in [2.75, 3.05) is 0 Å². The second-order valence-corrected chi connectivity index (χ2v) is 3.38. The fourth-order valence-electron chi connectivity index (χ4n) is 1.64. The van der Waals surface area contributed by atoms with Crippen molar-refractivity contribution >= 4 is 5.57 Å². The van der Waals surface area contributed by atoms with E-state index in [1.165, 1.54) is 29.5 Å². The van der Waals surface area contributed by atoms with Gasteiger partial charge in [0, 0.05) is 0 Å². The topological polar surface area (TPSA) is 0 Å². The minimum absolute atomic E-state index is 1.18. The monoisotopic (exact) mass is 234 g/mol. The summed E-state index contributed by atoms with van der Waals surface area (Å²) in [5.41, 5.74) is 4.26. The van der Waals surface area contributed by atoms with Crippen molar-refractivity contribution in [3.63, 3.8) is 0 Å². The average molecular weight is 234 g/mol.